The van der Waals surface area contributed by atoms with Crippen molar-refractivity contribution in [2.45, 2.75) is 6.11 Å². The van der Waals surface area contributed by atoms with E-state index in [-0.39, 0.29) is 0 Å². The molecule has 0 spiro atoms. The smallest absolute Gasteiger partial charge is 0.298 e. The molecule has 0 heterocycles. The first kappa shape index (κ1) is 9.78. The quantitative estimate of drug-likeness (QED) is 0.468. The fourth-order valence-electron chi connectivity index (χ4n) is 0.162. The minimum atomic E-state index is -4.55. The first-order valence-electron chi connectivity index (χ1n) is 1.88. The molecule has 0 aliphatic carbocycles. The molecule has 0 rings (SSSR count). The van der Waals surface area contributed by atoms with Gasteiger partial charge in [0, 0.05) is 9.47 Å². The summed E-state index contributed by atoms with van der Waals surface area (Å²) in [5.41, 5.74) is 0. The lowest BCUT2D eigenvalue weighted by atomic mass is 10.5. The highest BCUT2D eigenvalue weighted by Crippen LogP contribution is 2.31. The number of hydrogen-bond acceptors (Lipinski definition) is 1. The Bertz CT molecular complexity index is 151. The predicted octanol–water partition coefficient (Wildman–Crippen LogP) is 2.46. The highest BCUT2D eigenvalue weighted by molar-refractivity contribution is 7.09. The van der Waals surface area contributed by atoms with Crippen LogP contribution in [0.4, 0.5) is 22.0 Å². The summed E-state index contributed by atoms with van der Waals surface area (Å²) in [6, 6.07) is 0. The van der Waals surface area contributed by atoms with Crippen LogP contribution in [0, 0.1) is 0 Å². The average molecular weight is 180 g/mol. The van der Waals surface area contributed by atoms with E-state index >= 15 is 0 Å². The Balaban J connectivity index is 4.49. The molecule has 0 saturated carbocycles. The van der Waals surface area contributed by atoms with Crippen LogP contribution in [-0.4, -0.2) is 6.11 Å². The standard InChI is InChI=1S/C3H2F5OP/c4-1(2(5)6)3(7,8)9-10/h10H2. The van der Waals surface area contributed by atoms with Crippen LogP contribution in [0.15, 0.2) is 11.9 Å². The van der Waals surface area contributed by atoms with Gasteiger partial charge in [0.05, 0.1) is 0 Å². The Hall–Kier alpha value is -0.220. The first-order valence-corrected chi connectivity index (χ1v) is 2.36. The fraction of sp³-hybridized carbons (Fsp3) is 0.333. The summed E-state index contributed by atoms with van der Waals surface area (Å²) >= 11 is 0. The predicted molar refractivity (Wildman–Crippen MR) is 26.1 cm³/mol. The molecule has 0 bridgehead atoms. The third kappa shape index (κ3) is 2.19. The molecule has 0 N–H and O–H groups in total. The molecular weight excluding hydrogens is 178 g/mol. The molecular formula is C3H2F5OP. The molecule has 0 aromatic rings. The zero-order valence-corrected chi connectivity index (χ0v) is 5.53. The molecule has 0 radical (unpaired) electrons. The highest BCUT2D eigenvalue weighted by Gasteiger charge is 2.39. The molecule has 1 atom stereocenters. The van der Waals surface area contributed by atoms with Crippen molar-refractivity contribution in [3.63, 3.8) is 0 Å². The molecule has 1 nitrogen and oxygen atoms in total. The van der Waals surface area contributed by atoms with Gasteiger partial charge >= 0.3 is 12.2 Å². The number of halogens is 5. The zero-order chi connectivity index (χ0) is 8.36. The van der Waals surface area contributed by atoms with E-state index in [2.05, 4.69) is 4.52 Å². The van der Waals surface area contributed by atoms with Gasteiger partial charge in [-0.05, 0) is 0 Å². The van der Waals surface area contributed by atoms with Gasteiger partial charge in [0.2, 0.25) is 0 Å². The van der Waals surface area contributed by atoms with Crippen LogP contribution in [0.25, 0.3) is 0 Å². The van der Waals surface area contributed by atoms with E-state index in [1.165, 1.54) is 0 Å². The summed E-state index contributed by atoms with van der Waals surface area (Å²) in [6.45, 7) is 0. The first-order chi connectivity index (χ1) is 4.41. The third-order valence-corrected chi connectivity index (χ3v) is 0.865. The molecule has 0 fully saturated rings. The Morgan fingerprint density at radius 2 is 1.60 bits per heavy atom. The summed E-state index contributed by atoms with van der Waals surface area (Å²) < 4.78 is 60.0. The van der Waals surface area contributed by atoms with Crippen molar-refractivity contribution in [2.24, 2.45) is 0 Å². The second-order valence-corrected chi connectivity index (χ2v) is 1.44. The van der Waals surface area contributed by atoms with Gasteiger partial charge in [-0.25, -0.2) is 0 Å². The van der Waals surface area contributed by atoms with Crippen LogP contribution in [0.2, 0.25) is 0 Å². The Kier molecular flexibility index (Phi) is 3.18. The second kappa shape index (κ2) is 3.25. The van der Waals surface area contributed by atoms with Gasteiger partial charge in [-0.3, -0.25) is 4.52 Å². The Morgan fingerprint density at radius 3 is 1.70 bits per heavy atom. The van der Waals surface area contributed by atoms with Crippen LogP contribution in [0.1, 0.15) is 0 Å². The van der Waals surface area contributed by atoms with Crippen LogP contribution >= 0.6 is 9.47 Å². The second-order valence-electron chi connectivity index (χ2n) is 1.21. The summed E-state index contributed by atoms with van der Waals surface area (Å²) in [4.78, 5) is 0. The largest absolute Gasteiger partial charge is 0.417 e. The van der Waals surface area contributed by atoms with E-state index in [1.54, 1.807) is 0 Å². The van der Waals surface area contributed by atoms with Crippen molar-refractivity contribution >= 4 is 9.47 Å². The molecule has 0 aromatic heterocycles. The number of rotatable bonds is 2. The lowest BCUT2D eigenvalue weighted by molar-refractivity contribution is -0.150. The summed E-state index contributed by atoms with van der Waals surface area (Å²) in [5.74, 6) is -2.87. The van der Waals surface area contributed by atoms with Gasteiger partial charge in [0.15, 0.2) is 0 Å². The normalized spacial score (nSPS) is 11.4. The minimum absolute atomic E-state index is 0.981. The number of hydrogen-bond donors (Lipinski definition) is 0. The van der Waals surface area contributed by atoms with Gasteiger partial charge in [-0.2, -0.15) is 22.0 Å². The van der Waals surface area contributed by atoms with Gasteiger partial charge < -0.3 is 0 Å². The Morgan fingerprint density at radius 1 is 1.20 bits per heavy atom. The van der Waals surface area contributed by atoms with Crippen LogP contribution in [0.3, 0.4) is 0 Å². The molecule has 0 aromatic carbocycles. The molecule has 10 heavy (non-hydrogen) atoms. The van der Waals surface area contributed by atoms with Crippen LogP contribution in [-0.2, 0) is 4.52 Å². The van der Waals surface area contributed by atoms with E-state index in [4.69, 9.17) is 0 Å². The summed E-state index contributed by atoms with van der Waals surface area (Å²) in [5, 5.41) is 0. The molecule has 0 saturated heterocycles. The summed E-state index contributed by atoms with van der Waals surface area (Å²) in [6.07, 6.45) is -7.64. The monoisotopic (exact) mass is 180 g/mol. The topological polar surface area (TPSA) is 9.23 Å². The molecule has 1 unspecified atom stereocenters. The van der Waals surface area contributed by atoms with Crippen molar-refractivity contribution in [3.05, 3.63) is 11.9 Å². The molecule has 7 heteroatoms. The molecule has 0 aliphatic rings. The van der Waals surface area contributed by atoms with E-state index in [9.17, 15) is 22.0 Å². The molecule has 0 amide bonds. The van der Waals surface area contributed by atoms with Crippen molar-refractivity contribution in [1.29, 1.82) is 0 Å². The van der Waals surface area contributed by atoms with Gasteiger partial charge in [-0.1, -0.05) is 0 Å². The highest BCUT2D eigenvalue weighted by atomic mass is 31.0. The van der Waals surface area contributed by atoms with Crippen molar-refractivity contribution in [3.8, 4) is 0 Å². The average Bonchev–Trinajstić information content (AvgIpc) is 1.86. The van der Waals surface area contributed by atoms with E-state index in [0.29, 0.717) is 0 Å². The van der Waals surface area contributed by atoms with E-state index in [0.717, 1.165) is 9.47 Å². The Labute approximate surface area is 55.1 Å². The SMILES string of the molecule is FC(F)=C(F)C(F)(F)OP. The van der Waals surface area contributed by atoms with Crippen molar-refractivity contribution < 1.29 is 26.5 Å². The maximum Gasteiger partial charge on any atom is 0.417 e. The minimum Gasteiger partial charge on any atom is -0.298 e. The van der Waals surface area contributed by atoms with Gasteiger partial charge in [0.25, 0.3) is 5.83 Å². The van der Waals surface area contributed by atoms with Gasteiger partial charge in [-0.15, -0.1) is 0 Å². The molecule has 0 aliphatic heterocycles. The lowest BCUT2D eigenvalue weighted by Gasteiger charge is -2.08. The number of alkyl halides is 2. The maximum absolute atomic E-state index is 11.6. The maximum atomic E-state index is 11.6. The van der Waals surface area contributed by atoms with Crippen LogP contribution < -0.4 is 0 Å². The summed E-state index contributed by atoms with van der Waals surface area (Å²) in [7, 11) is 0.981. The van der Waals surface area contributed by atoms with Crippen molar-refractivity contribution in [1.82, 2.24) is 0 Å². The zero-order valence-electron chi connectivity index (χ0n) is 4.38. The van der Waals surface area contributed by atoms with E-state index < -0.39 is 18.0 Å². The molecule has 60 valence electrons. The van der Waals surface area contributed by atoms with Gasteiger partial charge in [0.1, 0.15) is 0 Å². The fourth-order valence-corrected chi connectivity index (χ4v) is 0.265. The van der Waals surface area contributed by atoms with Crippen molar-refractivity contribution in [2.75, 3.05) is 0 Å². The van der Waals surface area contributed by atoms with E-state index in [1.807, 2.05) is 0 Å². The van der Waals surface area contributed by atoms with Crippen LogP contribution in [0.5, 0.6) is 0 Å². The lowest BCUT2D eigenvalue weighted by Crippen LogP contribution is -2.16. The third-order valence-electron chi connectivity index (χ3n) is 0.569.